The number of piperazine rings is 1. The monoisotopic (exact) mass is 284 g/mol. The third-order valence-electron chi connectivity index (χ3n) is 4.04. The Balaban J connectivity index is 1.78. The molecule has 3 amide bonds. The molecule has 1 atom stereocenters. The highest BCUT2D eigenvalue weighted by Gasteiger charge is 2.37. The molecule has 2 heterocycles. The predicted molar refractivity (Wildman–Crippen MR) is 75.6 cm³/mol. The minimum absolute atomic E-state index is 0.0445. The Morgan fingerprint density at radius 3 is 3.00 bits per heavy atom. The smallest absolute Gasteiger partial charge is 0.317 e. The molecule has 1 aromatic rings. The highest BCUT2D eigenvalue weighted by Crippen LogP contribution is 2.18. The molecule has 3 rings (SSSR count). The van der Waals surface area contributed by atoms with Crippen LogP contribution in [0.3, 0.4) is 0 Å². The van der Waals surface area contributed by atoms with Crippen molar-refractivity contribution in [2.45, 2.75) is 12.5 Å². The van der Waals surface area contributed by atoms with E-state index in [9.17, 15) is 9.59 Å². The average Bonchev–Trinajstić information content (AvgIpc) is 2.88. The van der Waals surface area contributed by atoms with E-state index in [4.69, 9.17) is 5.26 Å². The lowest BCUT2D eigenvalue weighted by molar-refractivity contribution is 0.0616. The number of nitriles is 1. The van der Waals surface area contributed by atoms with Crippen LogP contribution in [0.2, 0.25) is 0 Å². The predicted octanol–water partition coefficient (Wildman–Crippen LogP) is 0.602. The Hall–Kier alpha value is -2.55. The van der Waals surface area contributed by atoms with Crippen LogP contribution < -0.4 is 5.32 Å². The van der Waals surface area contributed by atoms with E-state index >= 15 is 0 Å². The van der Waals surface area contributed by atoms with E-state index in [1.54, 1.807) is 15.9 Å². The molecule has 21 heavy (non-hydrogen) atoms. The number of hydrogen-bond donors (Lipinski definition) is 1. The molecule has 0 radical (unpaired) electrons. The van der Waals surface area contributed by atoms with E-state index in [1.165, 1.54) is 0 Å². The number of benzene rings is 1. The van der Waals surface area contributed by atoms with Crippen molar-refractivity contribution in [2.24, 2.45) is 0 Å². The van der Waals surface area contributed by atoms with Gasteiger partial charge in [-0.15, -0.1) is 0 Å². The molecule has 2 aliphatic heterocycles. The van der Waals surface area contributed by atoms with Crippen LogP contribution in [-0.2, 0) is 6.42 Å². The van der Waals surface area contributed by atoms with Gasteiger partial charge in [0.1, 0.15) is 0 Å². The topological polar surface area (TPSA) is 76.4 Å². The fourth-order valence-corrected chi connectivity index (χ4v) is 2.93. The standard InChI is InChI=1S/C15H16N4O2/c16-6-5-11-3-1-2-4-13(11)14(20)18-7-8-19-12(10-18)9-17-15(19)21/h1-4,12H,5,7-10H2,(H,17,21). The number of nitrogens with one attached hydrogen (secondary N) is 1. The molecule has 0 aromatic heterocycles. The molecule has 6 nitrogen and oxygen atoms in total. The molecule has 0 spiro atoms. The van der Waals surface area contributed by atoms with E-state index in [0.717, 1.165) is 5.56 Å². The number of amides is 3. The van der Waals surface area contributed by atoms with Gasteiger partial charge in [-0.2, -0.15) is 5.26 Å². The zero-order valence-corrected chi connectivity index (χ0v) is 11.6. The van der Waals surface area contributed by atoms with Gasteiger partial charge in [-0.05, 0) is 11.6 Å². The van der Waals surface area contributed by atoms with Crippen LogP contribution >= 0.6 is 0 Å². The average molecular weight is 284 g/mol. The van der Waals surface area contributed by atoms with Crippen LogP contribution in [0.4, 0.5) is 4.79 Å². The van der Waals surface area contributed by atoms with Crippen molar-refractivity contribution in [1.29, 1.82) is 5.26 Å². The van der Waals surface area contributed by atoms with Gasteiger partial charge in [-0.1, -0.05) is 18.2 Å². The first-order chi connectivity index (χ1) is 10.2. The molecule has 2 aliphatic rings. The fraction of sp³-hybridized carbons (Fsp3) is 0.400. The van der Waals surface area contributed by atoms with Gasteiger partial charge in [0.2, 0.25) is 0 Å². The summed E-state index contributed by atoms with van der Waals surface area (Å²) >= 11 is 0. The van der Waals surface area contributed by atoms with Gasteiger partial charge in [0, 0.05) is 31.7 Å². The summed E-state index contributed by atoms with van der Waals surface area (Å²) < 4.78 is 0. The number of nitrogens with zero attached hydrogens (tertiary/aromatic N) is 3. The fourth-order valence-electron chi connectivity index (χ4n) is 2.93. The van der Waals surface area contributed by atoms with E-state index in [1.807, 2.05) is 18.2 Å². The number of rotatable bonds is 2. The van der Waals surface area contributed by atoms with Crippen molar-refractivity contribution in [3.05, 3.63) is 35.4 Å². The highest BCUT2D eigenvalue weighted by atomic mass is 16.2. The van der Waals surface area contributed by atoms with Gasteiger partial charge in [0.15, 0.2) is 0 Å². The minimum atomic E-state index is -0.0557. The second-order valence-electron chi connectivity index (χ2n) is 5.28. The maximum atomic E-state index is 12.7. The lowest BCUT2D eigenvalue weighted by atomic mass is 10.0. The molecular weight excluding hydrogens is 268 g/mol. The van der Waals surface area contributed by atoms with Crippen molar-refractivity contribution in [3.8, 4) is 6.07 Å². The van der Waals surface area contributed by atoms with Crippen LogP contribution in [-0.4, -0.2) is 54.0 Å². The second-order valence-corrected chi connectivity index (χ2v) is 5.28. The third-order valence-corrected chi connectivity index (χ3v) is 4.04. The summed E-state index contributed by atoms with van der Waals surface area (Å²) in [6.45, 7) is 2.22. The summed E-state index contributed by atoms with van der Waals surface area (Å²) in [6.07, 6.45) is 0.228. The quantitative estimate of drug-likeness (QED) is 0.864. The molecule has 6 heteroatoms. The largest absolute Gasteiger partial charge is 0.336 e. The zero-order chi connectivity index (χ0) is 14.8. The van der Waals surface area contributed by atoms with Crippen LogP contribution in [0.5, 0.6) is 0 Å². The molecule has 1 unspecified atom stereocenters. The molecule has 108 valence electrons. The number of fused-ring (bicyclic) bond motifs is 1. The van der Waals surface area contributed by atoms with Gasteiger partial charge >= 0.3 is 6.03 Å². The van der Waals surface area contributed by atoms with Crippen LogP contribution in [0.25, 0.3) is 0 Å². The van der Waals surface area contributed by atoms with Crippen molar-refractivity contribution >= 4 is 11.9 Å². The lowest BCUT2D eigenvalue weighted by Gasteiger charge is -2.36. The van der Waals surface area contributed by atoms with Crippen LogP contribution in [0, 0.1) is 11.3 Å². The normalized spacial score (nSPS) is 20.7. The maximum Gasteiger partial charge on any atom is 0.317 e. The van der Waals surface area contributed by atoms with Crippen molar-refractivity contribution in [2.75, 3.05) is 26.2 Å². The molecule has 0 aliphatic carbocycles. The summed E-state index contributed by atoms with van der Waals surface area (Å²) in [5, 5.41) is 11.7. The molecule has 0 bridgehead atoms. The second kappa shape index (κ2) is 5.44. The summed E-state index contributed by atoms with van der Waals surface area (Å²) in [4.78, 5) is 27.8. The molecule has 1 aromatic carbocycles. The summed E-state index contributed by atoms with van der Waals surface area (Å²) in [5.41, 5.74) is 1.35. The van der Waals surface area contributed by atoms with Crippen LogP contribution in [0.15, 0.2) is 24.3 Å². The van der Waals surface area contributed by atoms with Crippen LogP contribution in [0.1, 0.15) is 15.9 Å². The summed E-state index contributed by atoms with van der Waals surface area (Å²) in [5.74, 6) is -0.0557. The third kappa shape index (κ3) is 2.42. The van der Waals surface area contributed by atoms with E-state index < -0.39 is 0 Å². The Morgan fingerprint density at radius 2 is 2.19 bits per heavy atom. The van der Waals surface area contributed by atoms with E-state index in [2.05, 4.69) is 11.4 Å². The summed E-state index contributed by atoms with van der Waals surface area (Å²) in [7, 11) is 0. The Bertz CT molecular complexity index is 622. The Kier molecular flexibility index (Phi) is 3.48. The lowest BCUT2D eigenvalue weighted by Crippen LogP contribution is -2.53. The first kappa shape index (κ1) is 13.4. The molecule has 0 saturated carbocycles. The maximum absolute atomic E-state index is 12.7. The van der Waals surface area contributed by atoms with E-state index in [-0.39, 0.29) is 24.4 Å². The minimum Gasteiger partial charge on any atom is -0.336 e. The number of urea groups is 1. The van der Waals surface area contributed by atoms with Crippen molar-refractivity contribution in [1.82, 2.24) is 15.1 Å². The Morgan fingerprint density at radius 1 is 1.38 bits per heavy atom. The zero-order valence-electron chi connectivity index (χ0n) is 11.6. The number of carbonyl (C=O) groups is 2. The van der Waals surface area contributed by atoms with Gasteiger partial charge < -0.3 is 15.1 Å². The van der Waals surface area contributed by atoms with Crippen molar-refractivity contribution in [3.63, 3.8) is 0 Å². The van der Waals surface area contributed by atoms with Gasteiger partial charge in [-0.25, -0.2) is 4.79 Å². The summed E-state index contributed by atoms with van der Waals surface area (Å²) in [6, 6.07) is 9.32. The van der Waals surface area contributed by atoms with Crippen molar-refractivity contribution < 1.29 is 9.59 Å². The van der Waals surface area contributed by atoms with E-state index in [0.29, 0.717) is 31.7 Å². The van der Waals surface area contributed by atoms with Gasteiger partial charge in [0.05, 0.1) is 18.5 Å². The first-order valence-electron chi connectivity index (χ1n) is 6.99. The number of hydrogen-bond acceptors (Lipinski definition) is 3. The number of carbonyl (C=O) groups excluding carboxylic acids is 2. The SMILES string of the molecule is N#CCc1ccccc1C(=O)N1CCN2C(=O)NCC2C1. The van der Waals surface area contributed by atoms with Gasteiger partial charge in [0.25, 0.3) is 5.91 Å². The molecular formula is C15H16N4O2. The molecule has 2 fully saturated rings. The molecule has 1 N–H and O–H groups in total. The van der Waals surface area contributed by atoms with Gasteiger partial charge in [-0.3, -0.25) is 4.79 Å². The first-order valence-corrected chi connectivity index (χ1v) is 6.99. The highest BCUT2D eigenvalue weighted by molar-refractivity contribution is 5.96. The Labute approximate surface area is 122 Å². The molecule has 2 saturated heterocycles.